The van der Waals surface area contributed by atoms with Gasteiger partial charge < -0.3 is 19.0 Å². The van der Waals surface area contributed by atoms with Gasteiger partial charge in [0.15, 0.2) is 6.61 Å². The maximum atomic E-state index is 12.1. The van der Waals surface area contributed by atoms with Gasteiger partial charge in [-0.25, -0.2) is 4.79 Å². The number of carbonyl (C=O) groups is 2. The van der Waals surface area contributed by atoms with Crippen LogP contribution in [-0.4, -0.2) is 44.5 Å². The summed E-state index contributed by atoms with van der Waals surface area (Å²) in [5.41, 5.74) is 1.52. The van der Waals surface area contributed by atoms with Gasteiger partial charge in [0.1, 0.15) is 17.4 Å². The third-order valence-electron chi connectivity index (χ3n) is 3.79. The molecular weight excluding hydrogens is 346 g/mol. The zero-order valence-electron chi connectivity index (χ0n) is 15.5. The Hall–Kier alpha value is -3.53. The summed E-state index contributed by atoms with van der Waals surface area (Å²) in [7, 11) is 5.41. The number of carbonyl (C=O) groups excluding carboxylic acids is 2. The van der Waals surface area contributed by atoms with Crippen molar-refractivity contribution in [2.24, 2.45) is 0 Å². The van der Waals surface area contributed by atoms with E-state index in [2.05, 4.69) is 0 Å². The molecule has 0 spiro atoms. The fourth-order valence-corrected chi connectivity index (χ4v) is 2.21. The van der Waals surface area contributed by atoms with Gasteiger partial charge in [-0.2, -0.15) is 5.26 Å². The lowest BCUT2D eigenvalue weighted by atomic mass is 10.1. The maximum absolute atomic E-state index is 12.1. The summed E-state index contributed by atoms with van der Waals surface area (Å²) in [5.74, 6) is -0.614. The molecule has 0 N–H and O–H groups in total. The number of nitriles is 1. The van der Waals surface area contributed by atoms with Gasteiger partial charge in [0.2, 0.25) is 0 Å². The average molecular weight is 367 g/mol. The van der Waals surface area contributed by atoms with E-state index in [1.165, 1.54) is 17.2 Å². The van der Waals surface area contributed by atoms with E-state index in [-0.39, 0.29) is 12.1 Å². The molecule has 1 aromatic carbocycles. The predicted octanol–water partition coefficient (Wildman–Crippen LogP) is 2.45. The van der Waals surface area contributed by atoms with E-state index in [4.69, 9.17) is 9.15 Å². The first kappa shape index (κ1) is 19.8. The van der Waals surface area contributed by atoms with E-state index in [0.717, 1.165) is 5.69 Å². The van der Waals surface area contributed by atoms with Crippen molar-refractivity contribution in [2.45, 2.75) is 6.54 Å². The number of likely N-dealkylation sites (N-methyl/N-ethyl adjacent to an activating group) is 1. The van der Waals surface area contributed by atoms with Crippen LogP contribution in [0.15, 0.2) is 52.7 Å². The van der Waals surface area contributed by atoms with Crippen molar-refractivity contribution in [1.82, 2.24) is 4.90 Å². The first-order valence-corrected chi connectivity index (χ1v) is 8.23. The Morgan fingerprint density at radius 1 is 1.19 bits per heavy atom. The SMILES string of the molecule is CN(Cc1ccco1)C(=O)COC(=O)/C(C#N)=C/c1ccc(N(C)C)cc1. The van der Waals surface area contributed by atoms with Crippen molar-refractivity contribution in [2.75, 3.05) is 32.6 Å². The van der Waals surface area contributed by atoms with Crippen LogP contribution in [0.4, 0.5) is 5.69 Å². The van der Waals surface area contributed by atoms with Crippen LogP contribution in [0, 0.1) is 11.3 Å². The molecule has 2 rings (SSSR count). The fourth-order valence-electron chi connectivity index (χ4n) is 2.21. The van der Waals surface area contributed by atoms with Gasteiger partial charge in [-0.3, -0.25) is 4.79 Å². The first-order valence-electron chi connectivity index (χ1n) is 8.23. The van der Waals surface area contributed by atoms with E-state index in [1.54, 1.807) is 31.3 Å². The van der Waals surface area contributed by atoms with E-state index in [9.17, 15) is 14.9 Å². The Morgan fingerprint density at radius 2 is 1.89 bits per heavy atom. The molecule has 0 aliphatic heterocycles. The second-order valence-corrected chi connectivity index (χ2v) is 6.06. The summed E-state index contributed by atoms with van der Waals surface area (Å²) < 4.78 is 10.1. The molecular formula is C20H21N3O4. The number of nitrogens with zero attached hydrogens (tertiary/aromatic N) is 3. The van der Waals surface area contributed by atoms with E-state index >= 15 is 0 Å². The topological polar surface area (TPSA) is 86.8 Å². The molecule has 140 valence electrons. The molecule has 27 heavy (non-hydrogen) atoms. The van der Waals surface area contributed by atoms with Crippen LogP contribution in [0.25, 0.3) is 6.08 Å². The van der Waals surface area contributed by atoms with Crippen LogP contribution in [0.1, 0.15) is 11.3 Å². The van der Waals surface area contributed by atoms with Crippen molar-refractivity contribution < 1.29 is 18.7 Å². The Morgan fingerprint density at radius 3 is 2.44 bits per heavy atom. The monoisotopic (exact) mass is 367 g/mol. The van der Waals surface area contributed by atoms with Crippen LogP contribution >= 0.6 is 0 Å². The number of ether oxygens (including phenoxy) is 1. The van der Waals surface area contributed by atoms with Gasteiger partial charge in [-0.05, 0) is 35.9 Å². The lowest BCUT2D eigenvalue weighted by Gasteiger charge is -2.15. The van der Waals surface area contributed by atoms with Gasteiger partial charge in [0.25, 0.3) is 5.91 Å². The van der Waals surface area contributed by atoms with E-state index in [0.29, 0.717) is 11.3 Å². The molecule has 2 aromatic rings. The number of anilines is 1. The van der Waals surface area contributed by atoms with Crippen molar-refractivity contribution in [3.05, 3.63) is 59.6 Å². The number of furan rings is 1. The van der Waals surface area contributed by atoms with Gasteiger partial charge in [-0.1, -0.05) is 12.1 Å². The zero-order chi connectivity index (χ0) is 19.8. The summed E-state index contributed by atoms with van der Waals surface area (Å²) in [5, 5.41) is 9.21. The first-order chi connectivity index (χ1) is 12.9. The molecule has 0 atom stereocenters. The Kier molecular flexibility index (Phi) is 6.78. The lowest BCUT2D eigenvalue weighted by molar-refractivity contribution is -0.148. The minimum absolute atomic E-state index is 0.172. The highest BCUT2D eigenvalue weighted by Gasteiger charge is 2.16. The Balaban J connectivity index is 1.94. The molecule has 1 amide bonds. The normalized spacial score (nSPS) is 10.8. The van der Waals surface area contributed by atoms with E-state index in [1.807, 2.05) is 37.2 Å². The highest BCUT2D eigenvalue weighted by molar-refractivity contribution is 5.98. The smallest absolute Gasteiger partial charge is 0.349 e. The number of benzene rings is 1. The van der Waals surface area contributed by atoms with Crippen molar-refractivity contribution in [3.8, 4) is 6.07 Å². The molecule has 0 fully saturated rings. The van der Waals surface area contributed by atoms with Crippen molar-refractivity contribution in [3.63, 3.8) is 0 Å². The number of amides is 1. The molecule has 1 heterocycles. The third kappa shape index (κ3) is 5.75. The second-order valence-electron chi connectivity index (χ2n) is 6.06. The fraction of sp³-hybridized carbons (Fsp3) is 0.250. The molecule has 0 bridgehead atoms. The van der Waals surface area contributed by atoms with Crippen LogP contribution < -0.4 is 4.90 Å². The molecule has 0 saturated carbocycles. The number of rotatable bonds is 7. The molecule has 7 nitrogen and oxygen atoms in total. The Labute approximate surface area is 158 Å². The van der Waals surface area contributed by atoms with Gasteiger partial charge >= 0.3 is 5.97 Å². The maximum Gasteiger partial charge on any atom is 0.349 e. The van der Waals surface area contributed by atoms with Gasteiger partial charge in [0.05, 0.1) is 12.8 Å². The molecule has 7 heteroatoms. The van der Waals surface area contributed by atoms with Crippen LogP contribution in [0.2, 0.25) is 0 Å². The van der Waals surface area contributed by atoms with Gasteiger partial charge in [-0.15, -0.1) is 0 Å². The summed E-state index contributed by atoms with van der Waals surface area (Å²) in [6.45, 7) is -0.183. The highest BCUT2D eigenvalue weighted by atomic mass is 16.5. The summed E-state index contributed by atoms with van der Waals surface area (Å²) in [6.07, 6.45) is 2.95. The molecule has 0 saturated heterocycles. The summed E-state index contributed by atoms with van der Waals surface area (Å²) in [6, 6.07) is 12.6. The molecule has 0 radical (unpaired) electrons. The highest BCUT2D eigenvalue weighted by Crippen LogP contribution is 2.15. The minimum Gasteiger partial charge on any atom is -0.467 e. The predicted molar refractivity (Wildman–Crippen MR) is 101 cm³/mol. The zero-order valence-corrected chi connectivity index (χ0v) is 15.5. The third-order valence-corrected chi connectivity index (χ3v) is 3.79. The van der Waals surface area contributed by atoms with Crippen LogP contribution in [0.5, 0.6) is 0 Å². The van der Waals surface area contributed by atoms with Crippen LogP contribution in [-0.2, 0) is 20.9 Å². The summed E-state index contributed by atoms with van der Waals surface area (Å²) in [4.78, 5) is 27.5. The van der Waals surface area contributed by atoms with Crippen molar-refractivity contribution in [1.29, 1.82) is 5.26 Å². The average Bonchev–Trinajstić information content (AvgIpc) is 3.17. The van der Waals surface area contributed by atoms with Crippen LogP contribution in [0.3, 0.4) is 0 Å². The van der Waals surface area contributed by atoms with Gasteiger partial charge in [0, 0.05) is 26.8 Å². The molecule has 0 unspecified atom stereocenters. The van der Waals surface area contributed by atoms with Crippen molar-refractivity contribution >= 4 is 23.6 Å². The lowest BCUT2D eigenvalue weighted by Crippen LogP contribution is -2.30. The minimum atomic E-state index is -0.839. The number of esters is 1. The number of hydrogen-bond acceptors (Lipinski definition) is 6. The quantitative estimate of drug-likeness (QED) is 0.424. The Bertz CT molecular complexity index is 846. The number of hydrogen-bond donors (Lipinski definition) is 0. The van der Waals surface area contributed by atoms with E-state index < -0.39 is 18.5 Å². The molecule has 0 aliphatic carbocycles. The molecule has 0 aliphatic rings. The largest absolute Gasteiger partial charge is 0.467 e. The summed E-state index contributed by atoms with van der Waals surface area (Å²) >= 11 is 0. The standard InChI is InChI=1S/C20H21N3O4/c1-22(2)17-8-6-15(7-9-17)11-16(12-21)20(25)27-14-19(24)23(3)13-18-5-4-10-26-18/h4-11H,13-14H2,1-3H3/b16-11+. The second kappa shape index (κ2) is 9.25. The molecule has 1 aromatic heterocycles.